The van der Waals surface area contributed by atoms with Crippen LogP contribution < -0.4 is 0 Å². The van der Waals surface area contributed by atoms with Gasteiger partial charge in [-0.1, -0.05) is 30.3 Å². The number of halogens is 3. The molecule has 0 heterocycles. The highest BCUT2D eigenvalue weighted by Gasteiger charge is 2.32. The molecule has 0 amide bonds. The van der Waals surface area contributed by atoms with Crippen molar-refractivity contribution < 1.29 is 8.78 Å². The molecule has 0 aromatic heterocycles. The van der Waals surface area contributed by atoms with Crippen LogP contribution >= 0.6 is 12.4 Å². The Bertz CT molecular complexity index is 642. The fourth-order valence-corrected chi connectivity index (χ4v) is 3.14. The maximum absolute atomic E-state index is 13.5. The van der Waals surface area contributed by atoms with E-state index in [1.165, 1.54) is 23.3 Å². The van der Waals surface area contributed by atoms with Gasteiger partial charge in [0.2, 0.25) is 0 Å². The second-order valence-corrected chi connectivity index (χ2v) is 5.57. The third-order valence-corrected chi connectivity index (χ3v) is 4.16. The molecule has 1 aliphatic rings. The van der Waals surface area contributed by atoms with E-state index in [0.29, 0.717) is 6.04 Å². The Labute approximate surface area is 130 Å². The van der Waals surface area contributed by atoms with Crippen molar-refractivity contribution in [3.63, 3.8) is 0 Å². The van der Waals surface area contributed by atoms with Crippen LogP contribution in [0.4, 0.5) is 8.78 Å². The molecule has 2 aromatic rings. The first-order valence-corrected chi connectivity index (χ1v) is 6.78. The van der Waals surface area contributed by atoms with Gasteiger partial charge in [-0.25, -0.2) is 8.78 Å². The van der Waals surface area contributed by atoms with Crippen molar-refractivity contribution in [1.82, 2.24) is 4.90 Å². The third kappa shape index (κ3) is 2.81. The molecule has 0 bridgehead atoms. The van der Waals surface area contributed by atoms with E-state index in [1.807, 2.05) is 12.1 Å². The fraction of sp³-hybridized carbons (Fsp3) is 0.294. The predicted molar refractivity (Wildman–Crippen MR) is 82.9 cm³/mol. The Morgan fingerprint density at radius 3 is 2.24 bits per heavy atom. The molecule has 4 heteroatoms. The predicted octanol–water partition coefficient (Wildman–Crippen LogP) is 4.52. The molecule has 0 saturated carbocycles. The van der Waals surface area contributed by atoms with E-state index in [4.69, 9.17) is 0 Å². The monoisotopic (exact) mass is 309 g/mol. The molecule has 1 nitrogen and oxygen atoms in total. The lowest BCUT2D eigenvalue weighted by Crippen LogP contribution is -2.17. The van der Waals surface area contributed by atoms with Gasteiger partial charge in [0.15, 0.2) is 11.6 Å². The second kappa shape index (κ2) is 6.12. The van der Waals surface area contributed by atoms with Gasteiger partial charge in [0.1, 0.15) is 0 Å². The number of fused-ring (bicyclic) bond motifs is 1. The largest absolute Gasteiger partial charge is 0.302 e. The van der Waals surface area contributed by atoms with Gasteiger partial charge in [0.25, 0.3) is 0 Å². The standard InChI is InChI=1S/C17H17F2N.ClH/c1-20(2)17-10-14(12-5-3-4-6-13(12)17)11-7-8-15(18)16(19)9-11;/h3-9,14,17H,10H2,1-2H3;1H. The summed E-state index contributed by atoms with van der Waals surface area (Å²) in [5.74, 6) is -1.42. The molecule has 112 valence electrons. The van der Waals surface area contributed by atoms with Crippen molar-refractivity contribution in [3.05, 3.63) is 70.8 Å². The average Bonchev–Trinajstić information content (AvgIpc) is 2.82. The molecule has 1 aliphatic carbocycles. The Balaban J connectivity index is 0.00000161. The molecular formula is C17H18ClF2N. The number of hydrogen-bond donors (Lipinski definition) is 0. The molecule has 0 fully saturated rings. The molecule has 0 N–H and O–H groups in total. The molecule has 2 aromatic carbocycles. The normalized spacial score (nSPS) is 20.2. The fourth-order valence-electron chi connectivity index (χ4n) is 3.14. The number of nitrogens with zero attached hydrogens (tertiary/aromatic N) is 1. The summed E-state index contributed by atoms with van der Waals surface area (Å²) in [6.45, 7) is 0. The molecule has 21 heavy (non-hydrogen) atoms. The number of rotatable bonds is 2. The first-order valence-electron chi connectivity index (χ1n) is 6.78. The summed E-state index contributed by atoms with van der Waals surface area (Å²) in [6, 6.07) is 12.8. The van der Waals surface area contributed by atoms with Crippen molar-refractivity contribution >= 4 is 12.4 Å². The minimum atomic E-state index is -0.788. The zero-order valence-electron chi connectivity index (χ0n) is 12.0. The highest BCUT2D eigenvalue weighted by Crippen LogP contribution is 2.45. The molecule has 0 spiro atoms. The lowest BCUT2D eigenvalue weighted by Gasteiger charge is -2.20. The van der Waals surface area contributed by atoms with Crippen LogP contribution in [0.3, 0.4) is 0 Å². The Kier molecular flexibility index (Phi) is 4.64. The van der Waals surface area contributed by atoms with E-state index in [1.54, 1.807) is 6.07 Å². The van der Waals surface area contributed by atoms with Crippen molar-refractivity contribution in [2.24, 2.45) is 0 Å². The molecule has 0 saturated heterocycles. The quantitative estimate of drug-likeness (QED) is 0.788. The highest BCUT2D eigenvalue weighted by molar-refractivity contribution is 5.85. The Morgan fingerprint density at radius 2 is 1.62 bits per heavy atom. The van der Waals surface area contributed by atoms with E-state index in [0.717, 1.165) is 12.0 Å². The van der Waals surface area contributed by atoms with Crippen LogP contribution in [0.2, 0.25) is 0 Å². The summed E-state index contributed by atoms with van der Waals surface area (Å²) < 4.78 is 26.6. The summed E-state index contributed by atoms with van der Waals surface area (Å²) in [5.41, 5.74) is 3.35. The first-order chi connectivity index (χ1) is 9.58. The van der Waals surface area contributed by atoms with Crippen molar-refractivity contribution in [1.29, 1.82) is 0 Å². The minimum Gasteiger partial charge on any atom is -0.302 e. The topological polar surface area (TPSA) is 3.24 Å². The lowest BCUT2D eigenvalue weighted by atomic mass is 9.93. The van der Waals surface area contributed by atoms with E-state index in [-0.39, 0.29) is 18.3 Å². The van der Waals surface area contributed by atoms with E-state index in [9.17, 15) is 8.78 Å². The van der Waals surface area contributed by atoms with Crippen LogP contribution in [-0.2, 0) is 0 Å². The van der Waals surface area contributed by atoms with Gasteiger partial charge in [-0.15, -0.1) is 12.4 Å². The van der Waals surface area contributed by atoms with Gasteiger partial charge in [-0.05, 0) is 49.3 Å². The van der Waals surface area contributed by atoms with Crippen LogP contribution in [0.1, 0.15) is 35.1 Å². The van der Waals surface area contributed by atoms with E-state index in [2.05, 4.69) is 31.1 Å². The maximum Gasteiger partial charge on any atom is 0.159 e. The molecule has 3 rings (SSSR count). The van der Waals surface area contributed by atoms with Crippen molar-refractivity contribution in [2.45, 2.75) is 18.4 Å². The first kappa shape index (κ1) is 15.9. The third-order valence-electron chi connectivity index (χ3n) is 4.16. The molecule has 2 unspecified atom stereocenters. The van der Waals surface area contributed by atoms with Crippen LogP contribution in [0.25, 0.3) is 0 Å². The van der Waals surface area contributed by atoms with Gasteiger partial charge >= 0.3 is 0 Å². The van der Waals surface area contributed by atoms with Gasteiger partial charge in [0, 0.05) is 12.0 Å². The zero-order valence-corrected chi connectivity index (χ0v) is 12.8. The molecule has 0 radical (unpaired) electrons. The molecule has 0 aliphatic heterocycles. The van der Waals surface area contributed by atoms with E-state index < -0.39 is 11.6 Å². The highest BCUT2D eigenvalue weighted by atomic mass is 35.5. The second-order valence-electron chi connectivity index (χ2n) is 5.57. The SMILES string of the molecule is CN(C)C1CC(c2ccc(F)c(F)c2)c2ccccc21.Cl. The Hall–Kier alpha value is -1.45. The zero-order chi connectivity index (χ0) is 14.3. The average molecular weight is 310 g/mol. The molecular weight excluding hydrogens is 292 g/mol. The van der Waals surface area contributed by atoms with E-state index >= 15 is 0 Å². The van der Waals surface area contributed by atoms with Gasteiger partial charge in [-0.3, -0.25) is 0 Å². The summed E-state index contributed by atoms with van der Waals surface area (Å²) in [7, 11) is 4.10. The lowest BCUT2D eigenvalue weighted by molar-refractivity contribution is 0.293. The van der Waals surface area contributed by atoms with Gasteiger partial charge in [0.05, 0.1) is 0 Å². The van der Waals surface area contributed by atoms with Crippen LogP contribution in [0.5, 0.6) is 0 Å². The summed E-state index contributed by atoms with van der Waals surface area (Å²) >= 11 is 0. The summed E-state index contributed by atoms with van der Waals surface area (Å²) in [6.07, 6.45) is 0.900. The smallest absolute Gasteiger partial charge is 0.159 e. The maximum atomic E-state index is 13.5. The molecule has 2 atom stereocenters. The number of benzene rings is 2. The van der Waals surface area contributed by atoms with Crippen molar-refractivity contribution in [3.8, 4) is 0 Å². The van der Waals surface area contributed by atoms with Crippen LogP contribution in [0, 0.1) is 11.6 Å². The van der Waals surface area contributed by atoms with Gasteiger partial charge < -0.3 is 4.90 Å². The summed E-state index contributed by atoms with van der Waals surface area (Å²) in [5, 5.41) is 0. The van der Waals surface area contributed by atoms with Crippen LogP contribution in [-0.4, -0.2) is 19.0 Å². The number of hydrogen-bond acceptors (Lipinski definition) is 1. The van der Waals surface area contributed by atoms with Crippen LogP contribution in [0.15, 0.2) is 42.5 Å². The Morgan fingerprint density at radius 1 is 0.952 bits per heavy atom. The van der Waals surface area contributed by atoms with Gasteiger partial charge in [-0.2, -0.15) is 0 Å². The minimum absolute atomic E-state index is 0. The van der Waals surface area contributed by atoms with Crippen molar-refractivity contribution in [2.75, 3.05) is 14.1 Å². The summed E-state index contributed by atoms with van der Waals surface area (Å²) in [4.78, 5) is 2.18.